The van der Waals surface area contributed by atoms with Crippen LogP contribution in [0.15, 0.2) is 128 Å². The van der Waals surface area contributed by atoms with Crippen LogP contribution in [0.4, 0.5) is 8.78 Å². The molecule has 9 aromatic rings. The summed E-state index contributed by atoms with van der Waals surface area (Å²) in [5.41, 5.74) is 11.6. The van der Waals surface area contributed by atoms with Gasteiger partial charge in [0, 0.05) is 36.7 Å². The molecule has 0 unspecified atom stereocenters. The number of hydrogen-bond donors (Lipinski definition) is 0. The van der Waals surface area contributed by atoms with E-state index in [4.69, 9.17) is 4.98 Å². The average molecular weight is 990 g/mol. The summed E-state index contributed by atoms with van der Waals surface area (Å²) in [5.74, 6) is 0.974. The number of pyridine rings is 1. The molecule has 0 aliphatic carbocycles. The van der Waals surface area contributed by atoms with E-state index >= 15 is 0 Å². The van der Waals surface area contributed by atoms with E-state index in [2.05, 4.69) is 106 Å². The zero-order valence-electron chi connectivity index (χ0n) is 34.2. The minimum Gasteiger partial charge on any atom is -0.333 e. The molecule has 0 aliphatic rings. The molecule has 3 nitrogen and oxygen atoms in total. The van der Waals surface area contributed by atoms with Crippen molar-refractivity contribution in [3.8, 4) is 39.5 Å². The van der Waals surface area contributed by atoms with Crippen molar-refractivity contribution >= 4 is 55.8 Å². The topological polar surface area (TPSA) is 30.7 Å². The van der Waals surface area contributed by atoms with E-state index in [1.807, 2.05) is 54.6 Å². The summed E-state index contributed by atoms with van der Waals surface area (Å²) in [7, 11) is -1.34. The number of aromatic nitrogens is 3. The quantitative estimate of drug-likeness (QED) is 0.118. The maximum Gasteiger partial charge on any atom is 0.124 e. The third kappa shape index (κ3) is 8.64. The fourth-order valence-electron chi connectivity index (χ4n) is 7.90. The molecule has 299 valence electrons. The van der Waals surface area contributed by atoms with Crippen molar-refractivity contribution in [3.05, 3.63) is 168 Å². The van der Waals surface area contributed by atoms with Crippen LogP contribution < -0.4 is 5.19 Å². The minimum atomic E-state index is -1.34. The van der Waals surface area contributed by atoms with Gasteiger partial charge in [-0.15, -0.1) is 54.1 Å². The Bertz CT molecular complexity index is 2910. The van der Waals surface area contributed by atoms with E-state index in [0.717, 1.165) is 88.2 Å². The summed E-state index contributed by atoms with van der Waals surface area (Å²) in [6.45, 7) is 15.9. The summed E-state index contributed by atoms with van der Waals surface area (Å²) >= 11 is 1.57. The van der Waals surface area contributed by atoms with Gasteiger partial charge in [-0.1, -0.05) is 86.4 Å². The van der Waals surface area contributed by atoms with Crippen molar-refractivity contribution in [2.45, 2.75) is 53.8 Å². The van der Waals surface area contributed by atoms with E-state index in [9.17, 15) is 8.78 Å². The number of benzene rings is 6. The van der Waals surface area contributed by atoms with Gasteiger partial charge < -0.3 is 9.55 Å². The Balaban J connectivity index is 0.000000214. The van der Waals surface area contributed by atoms with Crippen LogP contribution in [0.2, 0.25) is 19.6 Å². The number of hydrogen-bond acceptors (Lipinski definition) is 3. The Morgan fingerprint density at radius 1 is 0.746 bits per heavy atom. The van der Waals surface area contributed by atoms with Gasteiger partial charge in [-0.25, -0.2) is 8.78 Å². The molecule has 0 saturated carbocycles. The molecule has 59 heavy (non-hydrogen) atoms. The smallest absolute Gasteiger partial charge is 0.124 e. The van der Waals surface area contributed by atoms with Crippen LogP contribution in [0.5, 0.6) is 0 Å². The molecule has 0 N–H and O–H groups in total. The molecule has 0 atom stereocenters. The predicted octanol–water partition coefficient (Wildman–Crippen LogP) is 13.7. The number of nitrogens with zero attached hydrogens (tertiary/aromatic N) is 3. The van der Waals surface area contributed by atoms with Crippen molar-refractivity contribution in [2.75, 3.05) is 0 Å². The van der Waals surface area contributed by atoms with Crippen LogP contribution in [-0.2, 0) is 26.5 Å². The number of para-hydroxylation sites is 2. The van der Waals surface area contributed by atoms with Gasteiger partial charge in [0.25, 0.3) is 0 Å². The molecule has 0 aliphatic heterocycles. The first-order chi connectivity index (χ1) is 27.9. The number of imidazole rings is 1. The molecule has 1 radical (unpaired) electrons. The predicted molar refractivity (Wildman–Crippen MR) is 243 cm³/mol. The number of fused-ring (bicyclic) bond motifs is 4. The van der Waals surface area contributed by atoms with Crippen LogP contribution in [-0.4, -0.2) is 22.6 Å². The van der Waals surface area contributed by atoms with Crippen molar-refractivity contribution in [1.29, 1.82) is 0 Å². The van der Waals surface area contributed by atoms with Crippen molar-refractivity contribution < 1.29 is 28.9 Å². The third-order valence-electron chi connectivity index (χ3n) is 10.5. The van der Waals surface area contributed by atoms with Gasteiger partial charge >= 0.3 is 0 Å². The van der Waals surface area contributed by atoms with Gasteiger partial charge in [0.05, 0.1) is 24.9 Å². The summed E-state index contributed by atoms with van der Waals surface area (Å²) in [4.78, 5) is 9.78. The van der Waals surface area contributed by atoms with E-state index in [1.54, 1.807) is 29.5 Å². The normalized spacial score (nSPS) is 11.6. The van der Waals surface area contributed by atoms with Crippen molar-refractivity contribution in [1.82, 2.24) is 14.5 Å². The van der Waals surface area contributed by atoms with Crippen LogP contribution in [0, 0.1) is 43.5 Å². The van der Waals surface area contributed by atoms with Crippen molar-refractivity contribution in [3.63, 3.8) is 0 Å². The molecule has 8 heteroatoms. The second kappa shape index (κ2) is 17.2. The molecule has 3 heterocycles. The second-order valence-electron chi connectivity index (χ2n) is 16.4. The van der Waals surface area contributed by atoms with Crippen LogP contribution in [0.25, 0.3) is 70.7 Å². The first kappa shape index (κ1) is 42.0. The molecule has 0 bridgehead atoms. The number of thiophene rings is 1. The number of rotatable bonds is 7. The maximum absolute atomic E-state index is 14.0. The molecule has 9 rings (SSSR count). The fourth-order valence-corrected chi connectivity index (χ4v) is 10.7. The van der Waals surface area contributed by atoms with Crippen molar-refractivity contribution in [2.24, 2.45) is 5.92 Å². The zero-order chi connectivity index (χ0) is 40.7. The van der Waals surface area contributed by atoms with E-state index < -0.39 is 8.07 Å². The Morgan fingerprint density at radius 3 is 2.15 bits per heavy atom. The summed E-state index contributed by atoms with van der Waals surface area (Å²) in [6.07, 6.45) is 3.24. The summed E-state index contributed by atoms with van der Waals surface area (Å²) in [5, 5.41) is 3.59. The molecule has 0 spiro atoms. The monoisotopic (exact) mass is 990 g/mol. The van der Waals surface area contributed by atoms with E-state index in [1.165, 1.54) is 28.9 Å². The third-order valence-corrected chi connectivity index (χ3v) is 13.7. The molecule has 3 aromatic heterocycles. The number of aryl methyl sites for hydroxylation is 2. The molecular formula is C51H45F2IrN3SSi-2. The first-order valence-corrected chi connectivity index (χ1v) is 24.0. The van der Waals surface area contributed by atoms with Gasteiger partial charge in [0.1, 0.15) is 11.6 Å². The SMILES string of the molecule is CC(C)Cc1cc(-c2[c-]cccc2)ncc1[Si](C)(C)C.Cc1cc(-c2ccc(F)cc2)cc(C)c1-n1c(-c2[c-]ccc3c2sc2cc(F)ccc23)nc2ccccc21.[Ir]. The number of halogens is 2. The summed E-state index contributed by atoms with van der Waals surface area (Å²) in [6, 6.07) is 45.0. The first-order valence-electron chi connectivity index (χ1n) is 19.7. The molecule has 0 saturated heterocycles. The average Bonchev–Trinajstić information content (AvgIpc) is 3.76. The van der Waals surface area contributed by atoms with Gasteiger partial charge in [-0.2, -0.15) is 11.3 Å². The van der Waals surface area contributed by atoms with E-state index in [-0.39, 0.29) is 31.7 Å². The fraction of sp³-hybridized carbons (Fsp3) is 0.176. The van der Waals surface area contributed by atoms with Crippen LogP contribution >= 0.6 is 11.3 Å². The van der Waals surface area contributed by atoms with Gasteiger partial charge in [-0.05, 0) is 118 Å². The Kier molecular flexibility index (Phi) is 12.3. The Labute approximate surface area is 364 Å². The maximum atomic E-state index is 14.0. The van der Waals surface area contributed by atoms with Crippen LogP contribution in [0.3, 0.4) is 0 Å². The molecule has 0 fully saturated rings. The standard InChI is InChI=1S/C33H21F2N2S.C18H24NSi.Ir/c1-19-16-22(21-10-12-23(34)13-11-21)17-20(2)31(19)37-29-9-4-3-8-28(29)36-33(37)27-7-5-6-26-25-15-14-24(35)18-30(25)38-32(26)27;1-14(2)11-16-12-17(15-9-7-6-8-10-15)19-13-18(16)20(3,4)5;/h3-6,8-18H,1-2H3;6-9,12-14H,11H2,1-5H3;/q2*-1;. The molecule has 0 amide bonds. The van der Waals surface area contributed by atoms with Gasteiger partial charge in [0.2, 0.25) is 0 Å². The largest absolute Gasteiger partial charge is 0.333 e. The molecule has 6 aromatic carbocycles. The second-order valence-corrected chi connectivity index (χ2v) is 22.5. The zero-order valence-corrected chi connectivity index (χ0v) is 38.5. The Morgan fingerprint density at radius 2 is 1.46 bits per heavy atom. The summed E-state index contributed by atoms with van der Waals surface area (Å²) < 4.78 is 31.7. The van der Waals surface area contributed by atoms with Gasteiger partial charge in [-0.3, -0.25) is 4.98 Å². The molecular weight excluding hydrogens is 945 g/mol. The van der Waals surface area contributed by atoms with Gasteiger partial charge in [0.15, 0.2) is 0 Å². The minimum absolute atomic E-state index is 0. The Hall–Kier alpha value is -5.11. The van der Waals surface area contributed by atoms with Crippen LogP contribution in [0.1, 0.15) is 30.5 Å². The van der Waals surface area contributed by atoms with E-state index in [0.29, 0.717) is 5.92 Å².